The molecule has 3 heteroatoms. The van der Waals surface area contributed by atoms with Crippen molar-refractivity contribution in [2.45, 2.75) is 18.4 Å². The Morgan fingerprint density at radius 2 is 2.00 bits per heavy atom. The molecule has 0 bridgehead atoms. The van der Waals surface area contributed by atoms with Gasteiger partial charge in [0, 0.05) is 11.1 Å². The third-order valence-corrected chi connectivity index (χ3v) is 3.90. The number of benzene rings is 1. The molecule has 0 unspecified atom stereocenters. The molecule has 0 fully saturated rings. The molecule has 0 saturated carbocycles. The van der Waals surface area contributed by atoms with Crippen LogP contribution in [-0.2, 0) is 0 Å². The summed E-state index contributed by atoms with van der Waals surface area (Å²) in [5.74, 6) is 1.13. The zero-order valence-electron chi connectivity index (χ0n) is 11.3. The minimum absolute atomic E-state index is 1.10. The first-order valence-corrected chi connectivity index (χ1v) is 7.29. The summed E-state index contributed by atoms with van der Waals surface area (Å²) in [5, 5.41) is 2.40. The van der Waals surface area contributed by atoms with Crippen molar-refractivity contribution in [3.8, 4) is 0 Å². The van der Waals surface area contributed by atoms with Gasteiger partial charge in [0.15, 0.2) is 0 Å². The smallest absolute Gasteiger partial charge is 0.0970 e. The van der Waals surface area contributed by atoms with Gasteiger partial charge >= 0.3 is 0 Å². The van der Waals surface area contributed by atoms with Gasteiger partial charge < -0.3 is 4.90 Å². The number of fused-ring (bicyclic) bond motifs is 1. The van der Waals surface area contributed by atoms with Crippen LogP contribution in [0.1, 0.15) is 12.0 Å². The number of aromatic nitrogens is 1. The Kier molecular flexibility index (Phi) is 4.61. The van der Waals surface area contributed by atoms with Crippen LogP contribution in [0.4, 0.5) is 0 Å². The summed E-state index contributed by atoms with van der Waals surface area (Å²) in [6, 6.07) is 10.5. The fourth-order valence-corrected chi connectivity index (χ4v) is 2.86. The first-order valence-electron chi connectivity index (χ1n) is 6.31. The molecule has 2 aromatic rings. The topological polar surface area (TPSA) is 16.1 Å². The zero-order valence-corrected chi connectivity index (χ0v) is 12.1. The third-order valence-electron chi connectivity index (χ3n) is 2.90. The van der Waals surface area contributed by atoms with Crippen LogP contribution in [-0.4, -0.2) is 36.3 Å². The summed E-state index contributed by atoms with van der Waals surface area (Å²) in [6.07, 6.45) is 1.20. The van der Waals surface area contributed by atoms with E-state index >= 15 is 0 Å². The fourth-order valence-electron chi connectivity index (χ4n) is 1.95. The van der Waals surface area contributed by atoms with Gasteiger partial charge in [0.1, 0.15) is 0 Å². The van der Waals surface area contributed by atoms with Crippen LogP contribution in [0.2, 0.25) is 0 Å². The van der Waals surface area contributed by atoms with Gasteiger partial charge in [0.2, 0.25) is 0 Å². The minimum Gasteiger partial charge on any atom is -0.309 e. The summed E-state index contributed by atoms with van der Waals surface area (Å²) in [4.78, 5) is 6.92. The summed E-state index contributed by atoms with van der Waals surface area (Å²) >= 11 is 1.85. The molecule has 0 aliphatic heterocycles. The van der Waals surface area contributed by atoms with E-state index in [2.05, 4.69) is 56.3 Å². The molecule has 0 amide bonds. The lowest BCUT2D eigenvalue weighted by Gasteiger charge is -2.09. The van der Waals surface area contributed by atoms with E-state index in [4.69, 9.17) is 4.98 Å². The Bertz CT molecular complexity index is 523. The first kappa shape index (κ1) is 13.4. The fraction of sp³-hybridized carbons (Fsp3) is 0.400. The van der Waals surface area contributed by atoms with E-state index in [-0.39, 0.29) is 0 Å². The normalized spacial score (nSPS) is 11.3. The van der Waals surface area contributed by atoms with Crippen LogP contribution in [0.15, 0.2) is 35.4 Å². The van der Waals surface area contributed by atoms with Crippen molar-refractivity contribution >= 4 is 22.7 Å². The SMILES string of the molecule is Cc1cc(SCCCN(C)C)nc2ccccc12. The zero-order chi connectivity index (χ0) is 13.0. The Morgan fingerprint density at radius 3 is 2.78 bits per heavy atom. The highest BCUT2D eigenvalue weighted by molar-refractivity contribution is 7.99. The van der Waals surface area contributed by atoms with Crippen LogP contribution in [0, 0.1) is 6.92 Å². The lowest BCUT2D eigenvalue weighted by atomic mass is 10.1. The van der Waals surface area contributed by atoms with Crippen molar-refractivity contribution < 1.29 is 0 Å². The van der Waals surface area contributed by atoms with Crippen LogP contribution in [0.5, 0.6) is 0 Å². The molecule has 1 aromatic carbocycles. The van der Waals surface area contributed by atoms with Gasteiger partial charge in [0.05, 0.1) is 10.5 Å². The van der Waals surface area contributed by atoms with E-state index in [1.54, 1.807) is 0 Å². The minimum atomic E-state index is 1.10. The van der Waals surface area contributed by atoms with Gasteiger partial charge in [-0.1, -0.05) is 18.2 Å². The largest absolute Gasteiger partial charge is 0.309 e. The highest BCUT2D eigenvalue weighted by Gasteiger charge is 2.02. The number of para-hydroxylation sites is 1. The highest BCUT2D eigenvalue weighted by Crippen LogP contribution is 2.23. The molecule has 0 atom stereocenters. The third kappa shape index (κ3) is 3.47. The molecule has 18 heavy (non-hydrogen) atoms. The van der Waals surface area contributed by atoms with Gasteiger partial charge in [-0.3, -0.25) is 0 Å². The standard InChI is InChI=1S/C15H20N2S/c1-12-11-15(18-10-6-9-17(2)3)16-14-8-5-4-7-13(12)14/h4-5,7-8,11H,6,9-10H2,1-3H3. The molecular weight excluding hydrogens is 240 g/mol. The number of pyridine rings is 1. The van der Waals surface area contributed by atoms with Crippen molar-refractivity contribution in [3.05, 3.63) is 35.9 Å². The van der Waals surface area contributed by atoms with Crippen molar-refractivity contribution in [2.75, 3.05) is 26.4 Å². The van der Waals surface area contributed by atoms with E-state index in [0.29, 0.717) is 0 Å². The average molecular weight is 260 g/mol. The van der Waals surface area contributed by atoms with E-state index in [9.17, 15) is 0 Å². The van der Waals surface area contributed by atoms with Gasteiger partial charge in [-0.15, -0.1) is 11.8 Å². The Hall–Kier alpha value is -1.06. The molecule has 0 aliphatic carbocycles. The number of rotatable bonds is 5. The van der Waals surface area contributed by atoms with Gasteiger partial charge in [0.25, 0.3) is 0 Å². The van der Waals surface area contributed by atoms with Gasteiger partial charge in [-0.05, 0) is 51.7 Å². The first-order chi connectivity index (χ1) is 8.66. The van der Waals surface area contributed by atoms with E-state index < -0.39 is 0 Å². The second-order valence-corrected chi connectivity index (χ2v) is 5.92. The maximum atomic E-state index is 4.70. The molecule has 0 saturated heterocycles. The second kappa shape index (κ2) is 6.21. The second-order valence-electron chi connectivity index (χ2n) is 4.80. The Labute approximate surface area is 113 Å². The number of aryl methyl sites for hydroxylation is 1. The number of nitrogens with zero attached hydrogens (tertiary/aromatic N) is 2. The van der Waals surface area contributed by atoms with Crippen molar-refractivity contribution in [3.63, 3.8) is 0 Å². The van der Waals surface area contributed by atoms with Crippen LogP contribution < -0.4 is 0 Å². The summed E-state index contributed by atoms with van der Waals surface area (Å²) < 4.78 is 0. The van der Waals surface area contributed by atoms with Gasteiger partial charge in [-0.25, -0.2) is 4.98 Å². The van der Waals surface area contributed by atoms with E-state index in [1.165, 1.54) is 17.4 Å². The number of hydrogen-bond acceptors (Lipinski definition) is 3. The number of hydrogen-bond donors (Lipinski definition) is 0. The van der Waals surface area contributed by atoms with E-state index in [0.717, 1.165) is 22.8 Å². The van der Waals surface area contributed by atoms with Crippen LogP contribution in [0.25, 0.3) is 10.9 Å². The van der Waals surface area contributed by atoms with Crippen LogP contribution in [0.3, 0.4) is 0 Å². The molecule has 0 aliphatic rings. The molecule has 96 valence electrons. The van der Waals surface area contributed by atoms with E-state index in [1.807, 2.05) is 11.8 Å². The highest BCUT2D eigenvalue weighted by atomic mass is 32.2. The molecule has 0 spiro atoms. The summed E-state index contributed by atoms with van der Waals surface area (Å²) in [5.41, 5.74) is 2.42. The van der Waals surface area contributed by atoms with Crippen molar-refractivity contribution in [1.82, 2.24) is 9.88 Å². The Morgan fingerprint density at radius 1 is 1.22 bits per heavy atom. The maximum Gasteiger partial charge on any atom is 0.0970 e. The summed E-state index contributed by atoms with van der Waals surface area (Å²) in [7, 11) is 4.23. The summed E-state index contributed by atoms with van der Waals surface area (Å²) in [6.45, 7) is 3.30. The molecule has 1 aromatic heterocycles. The average Bonchev–Trinajstić information content (AvgIpc) is 2.35. The lowest BCUT2D eigenvalue weighted by Crippen LogP contribution is -2.13. The molecule has 1 heterocycles. The molecule has 2 rings (SSSR count). The molecular formula is C15H20N2S. The number of thioether (sulfide) groups is 1. The molecule has 2 nitrogen and oxygen atoms in total. The predicted molar refractivity (Wildman–Crippen MR) is 80.4 cm³/mol. The maximum absolute atomic E-state index is 4.70. The van der Waals surface area contributed by atoms with Crippen molar-refractivity contribution in [1.29, 1.82) is 0 Å². The lowest BCUT2D eigenvalue weighted by molar-refractivity contribution is 0.410. The predicted octanol–water partition coefficient (Wildman–Crippen LogP) is 3.59. The quantitative estimate of drug-likeness (QED) is 0.604. The van der Waals surface area contributed by atoms with Gasteiger partial charge in [-0.2, -0.15) is 0 Å². The van der Waals surface area contributed by atoms with Crippen LogP contribution >= 0.6 is 11.8 Å². The van der Waals surface area contributed by atoms with Crippen molar-refractivity contribution in [2.24, 2.45) is 0 Å². The molecule has 0 radical (unpaired) electrons. The molecule has 0 N–H and O–H groups in total. The Balaban J connectivity index is 2.05. The monoisotopic (exact) mass is 260 g/mol.